The molecule has 0 bridgehead atoms. The van der Waals surface area contributed by atoms with Crippen molar-refractivity contribution in [1.29, 1.82) is 0 Å². The molecule has 12 heavy (non-hydrogen) atoms. The molecule has 1 aliphatic carbocycles. The third-order valence-electron chi connectivity index (χ3n) is 4.86. The summed E-state index contributed by atoms with van der Waals surface area (Å²) in [6, 6.07) is 0. The van der Waals surface area contributed by atoms with Gasteiger partial charge in [-0.15, -0.1) is 0 Å². The summed E-state index contributed by atoms with van der Waals surface area (Å²) in [7, 11) is 0. The molecule has 1 atom stereocenters. The second-order valence-corrected chi connectivity index (χ2v) is 5.45. The van der Waals surface area contributed by atoms with Gasteiger partial charge < -0.3 is 0 Å². The Morgan fingerprint density at radius 1 is 1.33 bits per heavy atom. The van der Waals surface area contributed by atoms with Crippen molar-refractivity contribution in [2.75, 3.05) is 0 Å². The minimum Gasteiger partial charge on any atom is -0.0651 e. The summed E-state index contributed by atoms with van der Waals surface area (Å²) in [5.41, 5.74) is 1.18. The molecule has 72 valence electrons. The van der Waals surface area contributed by atoms with Crippen molar-refractivity contribution in [3.05, 3.63) is 0 Å². The molecule has 0 heteroatoms. The summed E-state index contributed by atoms with van der Waals surface area (Å²) >= 11 is 0. The van der Waals surface area contributed by atoms with Crippen LogP contribution >= 0.6 is 0 Å². The molecule has 0 N–H and O–H groups in total. The molecule has 0 nitrogen and oxygen atoms in total. The van der Waals surface area contributed by atoms with Gasteiger partial charge in [-0.1, -0.05) is 47.5 Å². The van der Waals surface area contributed by atoms with Gasteiger partial charge in [-0.2, -0.15) is 0 Å². The predicted octanol–water partition coefficient (Wildman–Crippen LogP) is 4.25. The van der Waals surface area contributed by atoms with E-state index in [0.29, 0.717) is 10.8 Å². The van der Waals surface area contributed by atoms with E-state index in [1.54, 1.807) is 0 Å². The van der Waals surface area contributed by atoms with Crippen molar-refractivity contribution in [1.82, 2.24) is 0 Å². The number of hydrogen-bond donors (Lipinski definition) is 0. The largest absolute Gasteiger partial charge is 0.0651 e. The zero-order valence-corrected chi connectivity index (χ0v) is 9.41. The summed E-state index contributed by atoms with van der Waals surface area (Å²) in [5.74, 6) is 0.864. The lowest BCUT2D eigenvalue weighted by Crippen LogP contribution is -2.44. The van der Waals surface area contributed by atoms with Crippen LogP contribution in [0.2, 0.25) is 0 Å². The van der Waals surface area contributed by atoms with E-state index in [1.165, 1.54) is 25.7 Å². The van der Waals surface area contributed by atoms with E-state index in [0.717, 1.165) is 5.92 Å². The van der Waals surface area contributed by atoms with Gasteiger partial charge in [0, 0.05) is 0 Å². The number of rotatable bonds is 3. The third kappa shape index (κ3) is 1.30. The fourth-order valence-corrected chi connectivity index (χ4v) is 2.46. The Bertz CT molecular complexity index is 151. The summed E-state index contributed by atoms with van der Waals surface area (Å²) in [6.07, 6.45) is 5.67. The normalized spacial score (nSPS) is 24.8. The van der Waals surface area contributed by atoms with Gasteiger partial charge in [0.25, 0.3) is 0 Å². The van der Waals surface area contributed by atoms with Crippen LogP contribution in [0.1, 0.15) is 60.3 Å². The highest BCUT2D eigenvalue weighted by Crippen LogP contribution is 2.57. The van der Waals surface area contributed by atoms with Crippen LogP contribution in [0.5, 0.6) is 0 Å². The van der Waals surface area contributed by atoms with E-state index < -0.39 is 0 Å². The van der Waals surface area contributed by atoms with Crippen molar-refractivity contribution < 1.29 is 0 Å². The van der Waals surface area contributed by atoms with Crippen LogP contribution in [0.4, 0.5) is 0 Å². The Hall–Kier alpha value is 0. The van der Waals surface area contributed by atoms with E-state index in [9.17, 15) is 0 Å². The van der Waals surface area contributed by atoms with Crippen LogP contribution in [0.3, 0.4) is 0 Å². The molecule has 1 saturated carbocycles. The molecule has 0 aromatic heterocycles. The van der Waals surface area contributed by atoms with Gasteiger partial charge in [0.1, 0.15) is 0 Å². The minimum absolute atomic E-state index is 0.542. The predicted molar refractivity (Wildman–Crippen MR) is 55.2 cm³/mol. The van der Waals surface area contributed by atoms with Crippen molar-refractivity contribution in [2.45, 2.75) is 60.3 Å². The molecular formula is C12H24. The quantitative estimate of drug-likeness (QED) is 0.591. The molecule has 1 aliphatic rings. The first-order valence-electron chi connectivity index (χ1n) is 5.44. The van der Waals surface area contributed by atoms with E-state index in [4.69, 9.17) is 0 Å². The lowest BCUT2D eigenvalue weighted by atomic mass is 9.51. The first-order valence-corrected chi connectivity index (χ1v) is 5.44. The minimum atomic E-state index is 0.542. The highest BCUT2D eigenvalue weighted by Gasteiger charge is 2.47. The molecule has 0 radical (unpaired) electrons. The van der Waals surface area contributed by atoms with E-state index >= 15 is 0 Å². The van der Waals surface area contributed by atoms with E-state index in [1.807, 2.05) is 0 Å². The first-order chi connectivity index (χ1) is 5.44. The van der Waals surface area contributed by atoms with Crippen LogP contribution in [-0.2, 0) is 0 Å². The van der Waals surface area contributed by atoms with Crippen molar-refractivity contribution in [3.8, 4) is 0 Å². The molecule has 0 saturated heterocycles. The summed E-state index contributed by atoms with van der Waals surface area (Å²) in [5, 5.41) is 0. The summed E-state index contributed by atoms with van der Waals surface area (Å²) < 4.78 is 0. The van der Waals surface area contributed by atoms with Crippen molar-refractivity contribution >= 4 is 0 Å². The molecule has 0 amide bonds. The highest BCUT2D eigenvalue weighted by atomic mass is 14.5. The third-order valence-corrected chi connectivity index (χ3v) is 4.86. The molecule has 0 heterocycles. The average Bonchev–Trinajstić information content (AvgIpc) is 1.98. The summed E-state index contributed by atoms with van der Waals surface area (Å²) in [4.78, 5) is 0. The maximum atomic E-state index is 2.47. The van der Waals surface area contributed by atoms with Crippen LogP contribution in [0.25, 0.3) is 0 Å². The van der Waals surface area contributed by atoms with Gasteiger partial charge in [-0.05, 0) is 29.6 Å². The molecule has 1 unspecified atom stereocenters. The lowest BCUT2D eigenvalue weighted by molar-refractivity contribution is -0.0374. The Labute approximate surface area is 77.7 Å². The molecule has 0 aliphatic heterocycles. The lowest BCUT2D eigenvalue weighted by Gasteiger charge is -2.54. The SMILES string of the molecule is CCC(C)C(C)(C)C1(C)CCC1. The topological polar surface area (TPSA) is 0 Å². The second kappa shape index (κ2) is 3.05. The van der Waals surface area contributed by atoms with Gasteiger partial charge in [-0.3, -0.25) is 0 Å². The van der Waals surface area contributed by atoms with Crippen LogP contribution in [0.15, 0.2) is 0 Å². The van der Waals surface area contributed by atoms with Gasteiger partial charge in [0.15, 0.2) is 0 Å². The van der Waals surface area contributed by atoms with E-state index in [2.05, 4.69) is 34.6 Å². The fourth-order valence-electron chi connectivity index (χ4n) is 2.46. The molecule has 1 rings (SSSR count). The zero-order valence-electron chi connectivity index (χ0n) is 9.41. The second-order valence-electron chi connectivity index (χ2n) is 5.45. The van der Waals surface area contributed by atoms with Gasteiger partial charge in [0.2, 0.25) is 0 Å². The van der Waals surface area contributed by atoms with Gasteiger partial charge >= 0.3 is 0 Å². The Balaban J connectivity index is 2.69. The molecule has 0 aromatic carbocycles. The fraction of sp³-hybridized carbons (Fsp3) is 1.00. The molecule has 0 aromatic rings. The van der Waals surface area contributed by atoms with Crippen LogP contribution in [0, 0.1) is 16.7 Å². The maximum absolute atomic E-state index is 2.47. The van der Waals surface area contributed by atoms with Gasteiger partial charge in [-0.25, -0.2) is 0 Å². The van der Waals surface area contributed by atoms with E-state index in [-0.39, 0.29) is 0 Å². The van der Waals surface area contributed by atoms with Gasteiger partial charge in [0.05, 0.1) is 0 Å². The van der Waals surface area contributed by atoms with Crippen LogP contribution < -0.4 is 0 Å². The highest BCUT2D eigenvalue weighted by molar-refractivity contribution is 4.97. The monoisotopic (exact) mass is 168 g/mol. The maximum Gasteiger partial charge on any atom is -0.0272 e. The Morgan fingerprint density at radius 2 is 1.83 bits per heavy atom. The first kappa shape index (κ1) is 10.1. The van der Waals surface area contributed by atoms with Crippen molar-refractivity contribution in [2.24, 2.45) is 16.7 Å². The smallest absolute Gasteiger partial charge is 0.0272 e. The Morgan fingerprint density at radius 3 is 2.08 bits per heavy atom. The number of hydrogen-bond acceptors (Lipinski definition) is 0. The molecular weight excluding hydrogens is 144 g/mol. The Kier molecular flexibility index (Phi) is 2.56. The van der Waals surface area contributed by atoms with Crippen molar-refractivity contribution in [3.63, 3.8) is 0 Å². The molecule has 1 fully saturated rings. The summed E-state index contributed by atoms with van der Waals surface area (Å²) in [6.45, 7) is 12.1. The standard InChI is InChI=1S/C12H24/c1-6-10(2)11(3,4)12(5)8-7-9-12/h10H,6-9H2,1-5H3. The zero-order chi connectivity index (χ0) is 9.41. The molecule has 0 spiro atoms. The average molecular weight is 168 g/mol. The van der Waals surface area contributed by atoms with Crippen LogP contribution in [-0.4, -0.2) is 0 Å².